The van der Waals surface area contributed by atoms with Crippen molar-refractivity contribution in [1.82, 2.24) is 4.31 Å². The fourth-order valence-corrected chi connectivity index (χ4v) is 4.76. The van der Waals surface area contributed by atoms with Crippen LogP contribution in [0, 0.1) is 6.92 Å². The first-order valence-corrected chi connectivity index (χ1v) is 11.0. The van der Waals surface area contributed by atoms with Crippen molar-refractivity contribution in [2.75, 3.05) is 32.1 Å². The van der Waals surface area contributed by atoms with E-state index in [-0.39, 0.29) is 10.5 Å². The quantitative estimate of drug-likeness (QED) is 0.675. The molecule has 0 aliphatic carbocycles. The van der Waals surface area contributed by atoms with E-state index in [9.17, 15) is 18.0 Å². The summed E-state index contributed by atoms with van der Waals surface area (Å²) < 4.78 is 37.0. The molecule has 9 heteroatoms. The second kappa shape index (κ2) is 9.27. The summed E-state index contributed by atoms with van der Waals surface area (Å²) in [7, 11) is -2.15. The summed E-state index contributed by atoms with van der Waals surface area (Å²) in [6.07, 6.45) is 1.68. The first-order chi connectivity index (χ1) is 14.3. The van der Waals surface area contributed by atoms with E-state index in [1.165, 1.54) is 23.5 Å². The molecular formula is C21H24N2O6S. The summed E-state index contributed by atoms with van der Waals surface area (Å²) in [5.74, 6) is -0.910. The van der Waals surface area contributed by atoms with Gasteiger partial charge in [-0.2, -0.15) is 4.31 Å². The standard InChI is InChI=1S/C21H24N2O6S/c1-15-8-9-19(28-2)18(12-15)21(25)29-14-20(24)22-16-6-5-7-17(13-16)30(26,27)23-10-3-4-11-23/h5-9,12-13H,3-4,10-11,14H2,1-2H3,(H,22,24). The molecule has 0 spiro atoms. The van der Waals surface area contributed by atoms with Crippen LogP contribution in [-0.4, -0.2) is 51.4 Å². The topological polar surface area (TPSA) is 102 Å². The molecule has 0 unspecified atom stereocenters. The first-order valence-electron chi connectivity index (χ1n) is 9.53. The maximum atomic E-state index is 12.7. The van der Waals surface area contributed by atoms with E-state index in [0.717, 1.165) is 18.4 Å². The molecule has 1 fully saturated rings. The molecule has 3 rings (SSSR count). The predicted molar refractivity (Wildman–Crippen MR) is 111 cm³/mol. The number of benzene rings is 2. The summed E-state index contributed by atoms with van der Waals surface area (Å²) in [6, 6.07) is 11.1. The van der Waals surface area contributed by atoms with Crippen LogP contribution in [0.5, 0.6) is 5.75 Å². The Kier molecular flexibility index (Phi) is 6.73. The number of nitrogens with zero attached hydrogens (tertiary/aromatic N) is 1. The van der Waals surface area contributed by atoms with Gasteiger partial charge in [0, 0.05) is 18.8 Å². The van der Waals surface area contributed by atoms with Gasteiger partial charge < -0.3 is 14.8 Å². The number of hydrogen-bond acceptors (Lipinski definition) is 6. The van der Waals surface area contributed by atoms with Crippen LogP contribution in [0.4, 0.5) is 5.69 Å². The molecule has 1 amide bonds. The molecule has 0 atom stereocenters. The van der Waals surface area contributed by atoms with Gasteiger partial charge in [0.2, 0.25) is 10.0 Å². The molecule has 1 saturated heterocycles. The van der Waals surface area contributed by atoms with Crippen LogP contribution in [0.25, 0.3) is 0 Å². The summed E-state index contributed by atoms with van der Waals surface area (Å²) in [6.45, 7) is 2.31. The molecule has 1 heterocycles. The number of anilines is 1. The third kappa shape index (κ3) is 4.98. The van der Waals surface area contributed by atoms with Crippen molar-refractivity contribution in [3.63, 3.8) is 0 Å². The first kappa shape index (κ1) is 21.8. The van der Waals surface area contributed by atoms with Gasteiger partial charge in [0.05, 0.1) is 12.0 Å². The third-order valence-corrected chi connectivity index (χ3v) is 6.62. The van der Waals surface area contributed by atoms with E-state index in [2.05, 4.69) is 5.32 Å². The Morgan fingerprint density at radius 3 is 2.53 bits per heavy atom. The second-order valence-electron chi connectivity index (χ2n) is 6.97. The number of rotatable bonds is 7. The van der Waals surface area contributed by atoms with Crippen LogP contribution in [0.1, 0.15) is 28.8 Å². The van der Waals surface area contributed by atoms with E-state index in [1.54, 1.807) is 30.3 Å². The van der Waals surface area contributed by atoms with Gasteiger partial charge in [0.1, 0.15) is 11.3 Å². The van der Waals surface area contributed by atoms with Crippen molar-refractivity contribution < 1.29 is 27.5 Å². The van der Waals surface area contributed by atoms with Crippen LogP contribution in [0.15, 0.2) is 47.4 Å². The van der Waals surface area contributed by atoms with E-state index in [1.807, 2.05) is 6.92 Å². The maximum absolute atomic E-state index is 12.7. The van der Waals surface area contributed by atoms with Gasteiger partial charge >= 0.3 is 5.97 Å². The Morgan fingerprint density at radius 2 is 1.83 bits per heavy atom. The summed E-state index contributed by atoms with van der Waals surface area (Å²) in [4.78, 5) is 24.6. The number of ether oxygens (including phenoxy) is 2. The number of nitrogens with one attached hydrogen (secondary N) is 1. The summed E-state index contributed by atoms with van der Waals surface area (Å²) in [5.41, 5.74) is 1.39. The minimum Gasteiger partial charge on any atom is -0.496 e. The van der Waals surface area contributed by atoms with Crippen molar-refractivity contribution >= 4 is 27.6 Å². The zero-order chi connectivity index (χ0) is 21.7. The summed E-state index contributed by atoms with van der Waals surface area (Å²) >= 11 is 0. The van der Waals surface area contributed by atoms with Crippen molar-refractivity contribution in [2.24, 2.45) is 0 Å². The average Bonchev–Trinajstić information content (AvgIpc) is 3.28. The lowest BCUT2D eigenvalue weighted by Crippen LogP contribution is -2.28. The molecule has 1 aliphatic heterocycles. The molecule has 1 N–H and O–H groups in total. The number of aryl methyl sites for hydroxylation is 1. The fourth-order valence-electron chi connectivity index (χ4n) is 3.20. The number of carbonyl (C=O) groups is 2. The molecule has 0 radical (unpaired) electrons. The third-order valence-electron chi connectivity index (χ3n) is 4.73. The SMILES string of the molecule is COc1ccc(C)cc1C(=O)OCC(=O)Nc1cccc(S(=O)(=O)N2CCCC2)c1. The molecule has 2 aromatic carbocycles. The molecule has 2 aromatic rings. The highest BCUT2D eigenvalue weighted by Crippen LogP contribution is 2.23. The molecule has 0 aromatic heterocycles. The number of carbonyl (C=O) groups excluding carboxylic acids is 2. The average molecular weight is 432 g/mol. The van der Waals surface area contributed by atoms with Gasteiger partial charge in [-0.3, -0.25) is 4.79 Å². The van der Waals surface area contributed by atoms with Gasteiger partial charge in [-0.15, -0.1) is 0 Å². The normalized spacial score (nSPS) is 14.3. The minimum atomic E-state index is -3.59. The maximum Gasteiger partial charge on any atom is 0.342 e. The van der Waals surface area contributed by atoms with Crippen LogP contribution in [-0.2, 0) is 19.6 Å². The Balaban J connectivity index is 1.63. The largest absolute Gasteiger partial charge is 0.496 e. The smallest absolute Gasteiger partial charge is 0.342 e. The van der Waals surface area contributed by atoms with E-state index >= 15 is 0 Å². The Labute approximate surface area is 175 Å². The number of esters is 1. The van der Waals surface area contributed by atoms with E-state index < -0.39 is 28.5 Å². The molecular weight excluding hydrogens is 408 g/mol. The second-order valence-corrected chi connectivity index (χ2v) is 8.91. The lowest BCUT2D eigenvalue weighted by atomic mass is 10.1. The molecule has 30 heavy (non-hydrogen) atoms. The Morgan fingerprint density at radius 1 is 1.10 bits per heavy atom. The Hall–Kier alpha value is -2.91. The van der Waals surface area contributed by atoms with Crippen molar-refractivity contribution in [2.45, 2.75) is 24.7 Å². The predicted octanol–water partition coefficient (Wildman–Crippen LogP) is 2.58. The van der Waals surface area contributed by atoms with Crippen molar-refractivity contribution in [3.05, 3.63) is 53.6 Å². The lowest BCUT2D eigenvalue weighted by molar-refractivity contribution is -0.119. The fraction of sp³-hybridized carbons (Fsp3) is 0.333. The Bertz CT molecular complexity index is 1050. The highest BCUT2D eigenvalue weighted by molar-refractivity contribution is 7.89. The van der Waals surface area contributed by atoms with E-state index in [4.69, 9.17) is 9.47 Å². The monoisotopic (exact) mass is 432 g/mol. The van der Waals surface area contributed by atoms with Crippen LogP contribution in [0.2, 0.25) is 0 Å². The highest BCUT2D eigenvalue weighted by atomic mass is 32.2. The molecule has 0 bridgehead atoms. The van der Waals surface area contributed by atoms with E-state index in [0.29, 0.717) is 24.5 Å². The minimum absolute atomic E-state index is 0.115. The summed E-state index contributed by atoms with van der Waals surface area (Å²) in [5, 5.41) is 2.56. The lowest BCUT2D eigenvalue weighted by Gasteiger charge is -2.16. The zero-order valence-corrected chi connectivity index (χ0v) is 17.7. The number of methoxy groups -OCH3 is 1. The van der Waals surface area contributed by atoms with Gasteiger partial charge in [-0.05, 0) is 50.1 Å². The molecule has 1 aliphatic rings. The number of amides is 1. The van der Waals surface area contributed by atoms with Crippen molar-refractivity contribution in [3.8, 4) is 5.75 Å². The van der Waals surface area contributed by atoms with Gasteiger partial charge in [-0.25, -0.2) is 13.2 Å². The van der Waals surface area contributed by atoms with Crippen LogP contribution < -0.4 is 10.1 Å². The van der Waals surface area contributed by atoms with Crippen LogP contribution in [0.3, 0.4) is 0 Å². The van der Waals surface area contributed by atoms with Crippen molar-refractivity contribution in [1.29, 1.82) is 0 Å². The van der Waals surface area contributed by atoms with Crippen LogP contribution >= 0.6 is 0 Å². The highest BCUT2D eigenvalue weighted by Gasteiger charge is 2.27. The zero-order valence-electron chi connectivity index (χ0n) is 16.9. The van der Waals surface area contributed by atoms with Gasteiger partial charge in [0.25, 0.3) is 5.91 Å². The van der Waals surface area contributed by atoms with Gasteiger partial charge in [0.15, 0.2) is 6.61 Å². The molecule has 160 valence electrons. The number of hydrogen-bond donors (Lipinski definition) is 1. The number of sulfonamides is 1. The molecule has 8 nitrogen and oxygen atoms in total. The molecule has 0 saturated carbocycles. The van der Waals surface area contributed by atoms with Gasteiger partial charge in [-0.1, -0.05) is 17.7 Å².